The molecule has 6 rings (SSSR count). The number of amides is 1. The van der Waals surface area contributed by atoms with Gasteiger partial charge in [0.15, 0.2) is 35.7 Å². The lowest BCUT2D eigenvalue weighted by molar-refractivity contribution is -0.686. The summed E-state index contributed by atoms with van der Waals surface area (Å²) in [7, 11) is 3.22. The molecular formula is C28H24ClIN2O5. The highest BCUT2D eigenvalue weighted by molar-refractivity contribution is 6.30. The quantitative estimate of drug-likeness (QED) is 0.266. The summed E-state index contributed by atoms with van der Waals surface area (Å²) in [6.07, 6.45) is 2.85. The molecule has 3 heterocycles. The van der Waals surface area contributed by atoms with Crippen molar-refractivity contribution in [1.82, 2.24) is 0 Å². The fourth-order valence-corrected chi connectivity index (χ4v) is 5.49. The smallest absolute Gasteiger partial charge is 0.231 e. The molecule has 0 saturated carbocycles. The second kappa shape index (κ2) is 9.90. The van der Waals surface area contributed by atoms with E-state index in [0.29, 0.717) is 28.8 Å². The minimum Gasteiger partial charge on any atom is -1.00 e. The number of aromatic nitrogens is 1. The third kappa shape index (κ3) is 4.12. The number of halogens is 2. The average Bonchev–Trinajstić information content (AvgIpc) is 3.34. The maximum Gasteiger partial charge on any atom is 0.231 e. The number of benzene rings is 3. The minimum atomic E-state index is -0.735. The highest BCUT2D eigenvalue weighted by Gasteiger charge is 2.37. The molecule has 0 radical (unpaired) electrons. The number of hydrogen-bond acceptors (Lipinski definition) is 5. The molecule has 1 aromatic heterocycles. The van der Waals surface area contributed by atoms with Crippen molar-refractivity contribution < 1.29 is 52.3 Å². The number of ether oxygens (including phenoxy) is 4. The van der Waals surface area contributed by atoms with Gasteiger partial charge in [-0.15, -0.1) is 0 Å². The predicted octanol–water partition coefficient (Wildman–Crippen LogP) is 1.37. The number of nitrogens with zero attached hydrogens (tertiary/aromatic N) is 1. The van der Waals surface area contributed by atoms with Crippen molar-refractivity contribution in [3.63, 3.8) is 0 Å². The Morgan fingerprint density at radius 2 is 1.76 bits per heavy atom. The van der Waals surface area contributed by atoms with Crippen LogP contribution in [0.2, 0.25) is 5.02 Å². The number of primary amides is 1. The number of carbonyl (C=O) groups excluding carboxylic acids is 1. The molecule has 1 atom stereocenters. The van der Waals surface area contributed by atoms with E-state index in [0.717, 1.165) is 50.9 Å². The fraction of sp³-hybridized carbons (Fsp3) is 0.214. The van der Waals surface area contributed by atoms with Gasteiger partial charge in [0.1, 0.15) is 0 Å². The molecule has 190 valence electrons. The van der Waals surface area contributed by atoms with E-state index in [9.17, 15) is 4.79 Å². The zero-order valence-corrected chi connectivity index (χ0v) is 23.1. The van der Waals surface area contributed by atoms with Crippen molar-refractivity contribution >= 4 is 28.3 Å². The van der Waals surface area contributed by atoms with Crippen molar-refractivity contribution in [2.75, 3.05) is 21.0 Å². The summed E-state index contributed by atoms with van der Waals surface area (Å²) in [5.41, 5.74) is 10.7. The van der Waals surface area contributed by atoms with Crippen LogP contribution < -0.4 is 53.2 Å². The number of fused-ring (bicyclic) bond motifs is 5. The molecule has 7 nitrogen and oxygen atoms in total. The molecular weight excluding hydrogens is 607 g/mol. The van der Waals surface area contributed by atoms with Crippen molar-refractivity contribution in [1.29, 1.82) is 0 Å². The van der Waals surface area contributed by atoms with Gasteiger partial charge in [-0.2, -0.15) is 4.57 Å². The van der Waals surface area contributed by atoms with Gasteiger partial charge >= 0.3 is 0 Å². The summed E-state index contributed by atoms with van der Waals surface area (Å²) in [6, 6.07) is 15.1. The summed E-state index contributed by atoms with van der Waals surface area (Å²) >= 11 is 6.17. The molecule has 2 aliphatic rings. The summed E-state index contributed by atoms with van der Waals surface area (Å²) < 4.78 is 24.8. The Kier molecular flexibility index (Phi) is 6.80. The number of aryl methyl sites for hydroxylation is 2. The third-order valence-electron chi connectivity index (χ3n) is 6.95. The average molecular weight is 631 g/mol. The summed E-state index contributed by atoms with van der Waals surface area (Å²) in [6.45, 7) is 0.895. The lowest BCUT2D eigenvalue weighted by atomic mass is 9.82. The Balaban J connectivity index is 0.00000280. The number of pyridine rings is 1. The topological polar surface area (TPSA) is 83.9 Å². The molecule has 2 aliphatic heterocycles. The van der Waals surface area contributed by atoms with E-state index < -0.39 is 11.8 Å². The molecule has 2 N–H and O–H groups in total. The first-order chi connectivity index (χ1) is 17.5. The number of methoxy groups -OCH3 is 2. The van der Waals surface area contributed by atoms with Crippen molar-refractivity contribution in [3.05, 3.63) is 76.4 Å². The van der Waals surface area contributed by atoms with Gasteiger partial charge in [-0.25, -0.2) is 0 Å². The van der Waals surface area contributed by atoms with Gasteiger partial charge in [0.05, 0.1) is 31.1 Å². The Hall–Kier alpha value is -3.24. The van der Waals surface area contributed by atoms with E-state index in [4.69, 9.17) is 36.3 Å². The van der Waals surface area contributed by atoms with Crippen molar-refractivity contribution in [2.45, 2.75) is 18.9 Å². The van der Waals surface area contributed by atoms with Gasteiger partial charge in [-0.1, -0.05) is 23.7 Å². The molecule has 9 heteroatoms. The lowest BCUT2D eigenvalue weighted by Gasteiger charge is -2.24. The number of hydrogen-bond donors (Lipinski definition) is 1. The minimum absolute atomic E-state index is 0. The van der Waals surface area contributed by atoms with Crippen LogP contribution in [-0.4, -0.2) is 26.9 Å². The van der Waals surface area contributed by atoms with E-state index in [2.05, 4.69) is 10.8 Å². The Bertz CT molecular complexity index is 1540. The normalized spacial score (nSPS) is 13.8. The van der Waals surface area contributed by atoms with Gasteiger partial charge in [-0.05, 0) is 47.5 Å². The van der Waals surface area contributed by atoms with Gasteiger partial charge < -0.3 is 48.7 Å². The number of carbonyl (C=O) groups is 1. The maximum atomic E-state index is 13.2. The van der Waals surface area contributed by atoms with E-state index in [-0.39, 0.29) is 30.8 Å². The van der Waals surface area contributed by atoms with Crippen molar-refractivity contribution in [2.24, 2.45) is 5.73 Å². The summed E-state index contributed by atoms with van der Waals surface area (Å²) in [5, 5.41) is 2.27. The third-order valence-corrected chi connectivity index (χ3v) is 7.21. The molecule has 0 fully saturated rings. The van der Waals surface area contributed by atoms with Crippen molar-refractivity contribution in [3.8, 4) is 34.3 Å². The summed E-state index contributed by atoms with van der Waals surface area (Å²) in [5.74, 6) is 1.43. The maximum absolute atomic E-state index is 13.2. The lowest BCUT2D eigenvalue weighted by Crippen LogP contribution is -3.00. The zero-order chi connectivity index (χ0) is 25.0. The predicted molar refractivity (Wildman–Crippen MR) is 135 cm³/mol. The molecule has 1 unspecified atom stereocenters. The molecule has 4 aromatic rings. The molecule has 0 spiro atoms. The monoisotopic (exact) mass is 630 g/mol. The Morgan fingerprint density at radius 1 is 1.03 bits per heavy atom. The fourth-order valence-electron chi connectivity index (χ4n) is 5.37. The van der Waals surface area contributed by atoms with Crippen LogP contribution in [0.15, 0.2) is 54.7 Å². The first kappa shape index (κ1) is 25.4. The molecule has 0 aliphatic carbocycles. The van der Waals surface area contributed by atoms with Crippen LogP contribution in [-0.2, 0) is 17.8 Å². The second-order valence-electron chi connectivity index (χ2n) is 8.85. The first-order valence-corrected chi connectivity index (χ1v) is 12.0. The largest absolute Gasteiger partial charge is 1.00 e. The van der Waals surface area contributed by atoms with Crippen LogP contribution in [0, 0.1) is 0 Å². The first-order valence-electron chi connectivity index (χ1n) is 11.6. The van der Waals surface area contributed by atoms with E-state index in [1.54, 1.807) is 26.4 Å². The molecule has 0 saturated heterocycles. The van der Waals surface area contributed by atoms with Crippen LogP contribution >= 0.6 is 11.6 Å². The molecule has 37 heavy (non-hydrogen) atoms. The van der Waals surface area contributed by atoms with Gasteiger partial charge in [-0.3, -0.25) is 4.79 Å². The van der Waals surface area contributed by atoms with Crippen LogP contribution in [0.4, 0.5) is 0 Å². The highest BCUT2D eigenvalue weighted by atomic mass is 127. The molecule has 3 aromatic carbocycles. The van der Waals surface area contributed by atoms with Crippen LogP contribution in [0.5, 0.6) is 23.0 Å². The van der Waals surface area contributed by atoms with Crippen LogP contribution in [0.25, 0.3) is 22.0 Å². The van der Waals surface area contributed by atoms with E-state index in [1.807, 2.05) is 36.4 Å². The Morgan fingerprint density at radius 3 is 2.43 bits per heavy atom. The number of nitrogens with two attached hydrogens (primary N) is 1. The Labute approximate surface area is 236 Å². The second-order valence-corrected chi connectivity index (χ2v) is 9.28. The van der Waals surface area contributed by atoms with Crippen LogP contribution in [0.3, 0.4) is 0 Å². The molecule has 0 bridgehead atoms. The van der Waals surface area contributed by atoms with Gasteiger partial charge in [0.25, 0.3) is 0 Å². The standard InChI is InChI=1S/C28H23ClN2O5.HI/c1-33-21-8-7-18-20(27(21)34-2)13-31-10-9-16-11-22-23(36-14-35-22)12-19(16)26(31)25(18)24(28(30)32)15-3-5-17(29)6-4-15;/h3-8,11-13,24H,9-10,14H2,1-2H3,(H-,30,32);1H. The van der Waals surface area contributed by atoms with Crippen LogP contribution in [0.1, 0.15) is 22.6 Å². The van der Waals surface area contributed by atoms with E-state index in [1.165, 1.54) is 0 Å². The van der Waals surface area contributed by atoms with Gasteiger partial charge in [0.2, 0.25) is 18.4 Å². The van der Waals surface area contributed by atoms with E-state index >= 15 is 0 Å². The zero-order valence-electron chi connectivity index (χ0n) is 20.2. The number of rotatable bonds is 5. The summed E-state index contributed by atoms with van der Waals surface area (Å²) in [4.78, 5) is 13.2. The highest BCUT2D eigenvalue weighted by Crippen LogP contribution is 2.46. The molecule has 1 amide bonds. The van der Waals surface area contributed by atoms with Gasteiger partial charge in [0, 0.05) is 22.4 Å². The SMILES string of the molecule is COc1ccc2c(C(C(N)=O)c3ccc(Cl)cc3)c3[n+](cc2c1OC)CCc1cc2c(cc1-3)OCO2.[I-].